The average Bonchev–Trinajstić information content (AvgIpc) is 2.24. The quantitative estimate of drug-likeness (QED) is 0.778. The second-order valence-electron chi connectivity index (χ2n) is 3.19. The highest BCUT2D eigenvalue weighted by Crippen LogP contribution is 2.05. The Kier molecular flexibility index (Phi) is 4.05. The molecular weight excluding hydrogens is 194 g/mol. The molecule has 1 rings (SSSR count). The summed E-state index contributed by atoms with van der Waals surface area (Å²) in [5.41, 5.74) is 6.03. The largest absolute Gasteiger partial charge is 0.384 e. The molecule has 5 nitrogen and oxygen atoms in total. The summed E-state index contributed by atoms with van der Waals surface area (Å²) >= 11 is 0. The van der Waals surface area contributed by atoms with Gasteiger partial charge in [-0.3, -0.25) is 4.79 Å². The van der Waals surface area contributed by atoms with Crippen LogP contribution in [0.2, 0.25) is 0 Å². The monoisotopic (exact) mass is 209 g/mol. The smallest absolute Gasteiger partial charge is 0.253 e. The maximum absolute atomic E-state index is 11.8. The van der Waals surface area contributed by atoms with Gasteiger partial charge in [0.2, 0.25) is 0 Å². The number of ether oxygens (including phenoxy) is 1. The minimum atomic E-state index is -0.0823. The number of carbonyl (C=O) groups excluding carboxylic acids is 1. The molecule has 0 aromatic carbocycles. The molecular formula is C10H15N3O2. The number of amides is 1. The van der Waals surface area contributed by atoms with Crippen molar-refractivity contribution in [3.05, 3.63) is 23.9 Å². The Morgan fingerprint density at radius 2 is 2.40 bits per heavy atom. The third-order valence-corrected chi connectivity index (χ3v) is 2.01. The van der Waals surface area contributed by atoms with Crippen LogP contribution in [0.25, 0.3) is 0 Å². The standard InChI is InChI=1S/C10H15N3O2/c1-13(5-6-15-2)10(14)8-3-4-12-9(11)7-8/h3-4,7H,5-6H2,1-2H3,(H2,11,12). The molecule has 0 fully saturated rings. The molecule has 2 N–H and O–H groups in total. The van der Waals surface area contributed by atoms with Gasteiger partial charge >= 0.3 is 0 Å². The molecule has 15 heavy (non-hydrogen) atoms. The molecule has 0 aliphatic rings. The minimum Gasteiger partial charge on any atom is -0.384 e. The molecule has 0 radical (unpaired) electrons. The number of anilines is 1. The van der Waals surface area contributed by atoms with Gasteiger partial charge in [0.05, 0.1) is 6.61 Å². The lowest BCUT2D eigenvalue weighted by atomic mass is 10.2. The summed E-state index contributed by atoms with van der Waals surface area (Å²) in [6.45, 7) is 1.07. The Morgan fingerprint density at radius 3 is 3.00 bits per heavy atom. The summed E-state index contributed by atoms with van der Waals surface area (Å²) in [6, 6.07) is 3.20. The molecule has 0 spiro atoms. The summed E-state index contributed by atoms with van der Waals surface area (Å²) in [5.74, 6) is 0.266. The van der Waals surface area contributed by atoms with Crippen molar-refractivity contribution in [1.82, 2.24) is 9.88 Å². The highest BCUT2D eigenvalue weighted by molar-refractivity contribution is 5.94. The van der Waals surface area contributed by atoms with E-state index in [0.717, 1.165) is 0 Å². The van der Waals surface area contributed by atoms with E-state index in [2.05, 4.69) is 4.98 Å². The summed E-state index contributed by atoms with van der Waals surface area (Å²) < 4.78 is 4.89. The van der Waals surface area contributed by atoms with Gasteiger partial charge in [-0.1, -0.05) is 0 Å². The first kappa shape index (κ1) is 11.5. The van der Waals surface area contributed by atoms with Gasteiger partial charge < -0.3 is 15.4 Å². The van der Waals surface area contributed by atoms with E-state index in [1.54, 1.807) is 31.2 Å². The Labute approximate surface area is 88.9 Å². The van der Waals surface area contributed by atoms with E-state index < -0.39 is 0 Å². The highest BCUT2D eigenvalue weighted by Gasteiger charge is 2.11. The van der Waals surface area contributed by atoms with Crippen molar-refractivity contribution < 1.29 is 9.53 Å². The first-order valence-electron chi connectivity index (χ1n) is 4.61. The van der Waals surface area contributed by atoms with Crippen molar-refractivity contribution in [2.45, 2.75) is 0 Å². The maximum Gasteiger partial charge on any atom is 0.253 e. The van der Waals surface area contributed by atoms with Gasteiger partial charge in [-0.05, 0) is 12.1 Å². The number of hydrogen-bond donors (Lipinski definition) is 1. The third-order valence-electron chi connectivity index (χ3n) is 2.01. The third kappa shape index (κ3) is 3.21. The molecule has 82 valence electrons. The molecule has 1 amide bonds. The zero-order chi connectivity index (χ0) is 11.3. The maximum atomic E-state index is 11.8. The van der Waals surface area contributed by atoms with Gasteiger partial charge in [-0.2, -0.15) is 0 Å². The summed E-state index contributed by atoms with van der Waals surface area (Å²) in [4.78, 5) is 17.2. The second kappa shape index (κ2) is 5.31. The molecule has 0 bridgehead atoms. The van der Waals surface area contributed by atoms with Gasteiger partial charge in [0.1, 0.15) is 5.82 Å². The molecule has 0 aliphatic carbocycles. The van der Waals surface area contributed by atoms with Gasteiger partial charge in [-0.15, -0.1) is 0 Å². The van der Waals surface area contributed by atoms with Crippen LogP contribution in [0.1, 0.15) is 10.4 Å². The van der Waals surface area contributed by atoms with Crippen LogP contribution < -0.4 is 5.73 Å². The number of nitrogens with zero attached hydrogens (tertiary/aromatic N) is 2. The number of methoxy groups -OCH3 is 1. The number of nitrogens with two attached hydrogens (primary N) is 1. The van der Waals surface area contributed by atoms with Crippen molar-refractivity contribution >= 4 is 11.7 Å². The van der Waals surface area contributed by atoms with Gasteiger partial charge in [0, 0.05) is 32.5 Å². The Bertz CT molecular complexity index is 341. The first-order chi connectivity index (χ1) is 7.15. The molecule has 0 saturated carbocycles. The Balaban J connectivity index is 2.67. The molecule has 1 aromatic rings. The van der Waals surface area contributed by atoms with Crippen LogP contribution in [-0.2, 0) is 4.74 Å². The summed E-state index contributed by atoms with van der Waals surface area (Å²) in [6.07, 6.45) is 1.52. The van der Waals surface area contributed by atoms with Crippen molar-refractivity contribution in [2.75, 3.05) is 33.0 Å². The van der Waals surface area contributed by atoms with Crippen LogP contribution in [0, 0.1) is 0 Å². The SMILES string of the molecule is COCCN(C)C(=O)c1ccnc(N)c1. The van der Waals surface area contributed by atoms with Gasteiger partial charge in [0.15, 0.2) is 0 Å². The first-order valence-corrected chi connectivity index (χ1v) is 4.61. The van der Waals surface area contributed by atoms with Crippen molar-refractivity contribution in [3.63, 3.8) is 0 Å². The van der Waals surface area contributed by atoms with Crippen molar-refractivity contribution in [2.24, 2.45) is 0 Å². The summed E-state index contributed by atoms with van der Waals surface area (Å²) in [7, 11) is 3.32. The molecule has 1 heterocycles. The highest BCUT2D eigenvalue weighted by atomic mass is 16.5. The molecule has 0 aliphatic heterocycles. The molecule has 5 heteroatoms. The fraction of sp³-hybridized carbons (Fsp3) is 0.400. The normalized spacial score (nSPS) is 10.0. The van der Waals surface area contributed by atoms with Crippen LogP contribution in [0.15, 0.2) is 18.3 Å². The molecule has 1 aromatic heterocycles. The molecule has 0 unspecified atom stereocenters. The number of hydrogen-bond acceptors (Lipinski definition) is 4. The van der Waals surface area contributed by atoms with E-state index in [4.69, 9.17) is 10.5 Å². The zero-order valence-corrected chi connectivity index (χ0v) is 8.93. The number of aromatic nitrogens is 1. The van der Waals surface area contributed by atoms with Gasteiger partial charge in [-0.25, -0.2) is 4.98 Å². The lowest BCUT2D eigenvalue weighted by Gasteiger charge is -2.16. The van der Waals surface area contributed by atoms with Crippen LogP contribution >= 0.6 is 0 Å². The van der Waals surface area contributed by atoms with Gasteiger partial charge in [0.25, 0.3) is 5.91 Å². The van der Waals surface area contributed by atoms with Crippen LogP contribution in [0.4, 0.5) is 5.82 Å². The molecule has 0 saturated heterocycles. The zero-order valence-electron chi connectivity index (χ0n) is 8.93. The van der Waals surface area contributed by atoms with Crippen molar-refractivity contribution in [1.29, 1.82) is 0 Å². The van der Waals surface area contributed by atoms with E-state index in [9.17, 15) is 4.79 Å². The number of nitrogen functional groups attached to an aromatic ring is 1. The van der Waals surface area contributed by atoms with E-state index in [1.807, 2.05) is 0 Å². The predicted octanol–water partition coefficient (Wildman–Crippen LogP) is 0.382. The minimum absolute atomic E-state index is 0.0823. The summed E-state index contributed by atoms with van der Waals surface area (Å²) in [5, 5.41) is 0. The second-order valence-corrected chi connectivity index (χ2v) is 3.19. The van der Waals surface area contributed by atoms with E-state index in [-0.39, 0.29) is 5.91 Å². The topological polar surface area (TPSA) is 68.5 Å². The molecule has 0 atom stereocenters. The van der Waals surface area contributed by atoms with E-state index in [0.29, 0.717) is 24.5 Å². The lowest BCUT2D eigenvalue weighted by Crippen LogP contribution is -2.30. The number of rotatable bonds is 4. The average molecular weight is 209 g/mol. The lowest BCUT2D eigenvalue weighted by molar-refractivity contribution is 0.0744. The van der Waals surface area contributed by atoms with Crippen molar-refractivity contribution in [3.8, 4) is 0 Å². The number of pyridine rings is 1. The van der Waals surface area contributed by atoms with E-state index >= 15 is 0 Å². The van der Waals surface area contributed by atoms with E-state index in [1.165, 1.54) is 6.20 Å². The number of likely N-dealkylation sites (N-methyl/N-ethyl adjacent to an activating group) is 1. The van der Waals surface area contributed by atoms with Crippen LogP contribution in [-0.4, -0.2) is 43.1 Å². The van der Waals surface area contributed by atoms with Crippen LogP contribution in [0.3, 0.4) is 0 Å². The van der Waals surface area contributed by atoms with Crippen LogP contribution in [0.5, 0.6) is 0 Å². The number of carbonyl (C=O) groups is 1. The predicted molar refractivity (Wildman–Crippen MR) is 57.5 cm³/mol. The fourth-order valence-corrected chi connectivity index (χ4v) is 1.13. The Hall–Kier alpha value is -1.62. The Morgan fingerprint density at radius 1 is 1.67 bits per heavy atom. The fourth-order valence-electron chi connectivity index (χ4n) is 1.13.